The van der Waals surface area contributed by atoms with Crippen LogP contribution >= 0.6 is 0 Å². The van der Waals surface area contributed by atoms with E-state index in [1.54, 1.807) is 0 Å². The minimum Gasteiger partial charge on any atom is -0.494 e. The summed E-state index contributed by atoms with van der Waals surface area (Å²) in [4.78, 5) is 15.2. The molecule has 23 heavy (non-hydrogen) atoms. The van der Waals surface area contributed by atoms with Crippen molar-refractivity contribution >= 4 is 5.91 Å². The van der Waals surface area contributed by atoms with Gasteiger partial charge in [-0.15, -0.1) is 0 Å². The third-order valence-corrected chi connectivity index (χ3v) is 3.83. The van der Waals surface area contributed by atoms with Crippen molar-refractivity contribution in [1.82, 2.24) is 9.80 Å². The van der Waals surface area contributed by atoms with E-state index < -0.39 is 0 Å². The summed E-state index contributed by atoms with van der Waals surface area (Å²) in [5.74, 6) is 0.634. The van der Waals surface area contributed by atoms with Crippen LogP contribution in [0.3, 0.4) is 0 Å². The molecule has 1 aromatic carbocycles. The van der Waals surface area contributed by atoms with Gasteiger partial charge in [-0.05, 0) is 20.0 Å². The zero-order valence-electron chi connectivity index (χ0n) is 14.0. The summed E-state index contributed by atoms with van der Waals surface area (Å²) in [6.07, 6.45) is 0.0901. The van der Waals surface area contributed by atoms with E-state index in [9.17, 15) is 4.79 Å². The molecule has 1 aromatic rings. The van der Waals surface area contributed by atoms with Crippen LogP contribution in [-0.2, 0) is 16.1 Å². The van der Waals surface area contributed by atoms with Gasteiger partial charge in [0.05, 0.1) is 25.9 Å². The fourth-order valence-electron chi connectivity index (χ4n) is 2.88. The Morgan fingerprint density at radius 2 is 2.26 bits per heavy atom. The Bertz CT molecular complexity index is 510. The molecule has 128 valence electrons. The van der Waals surface area contributed by atoms with Gasteiger partial charge in [-0.2, -0.15) is 0 Å². The number of morpholine rings is 1. The van der Waals surface area contributed by atoms with Crippen molar-refractivity contribution in [3.63, 3.8) is 0 Å². The number of amides is 1. The molecule has 2 N–H and O–H groups in total. The molecule has 1 fully saturated rings. The number of para-hydroxylation sites is 1. The number of hydrogen-bond donors (Lipinski definition) is 1. The number of benzene rings is 1. The molecule has 1 aliphatic heterocycles. The maximum atomic E-state index is 11.0. The van der Waals surface area contributed by atoms with E-state index in [2.05, 4.69) is 11.0 Å². The second-order valence-electron chi connectivity index (χ2n) is 5.93. The number of ether oxygens (including phenoxy) is 2. The quantitative estimate of drug-likeness (QED) is 0.763. The fourth-order valence-corrected chi connectivity index (χ4v) is 2.88. The highest BCUT2D eigenvalue weighted by molar-refractivity contribution is 5.75. The molecule has 0 radical (unpaired) electrons. The fraction of sp³-hybridized carbons (Fsp3) is 0.588. The molecule has 6 heteroatoms. The summed E-state index contributed by atoms with van der Waals surface area (Å²) in [6, 6.07) is 8.15. The van der Waals surface area contributed by atoms with E-state index >= 15 is 0 Å². The number of carbonyl (C=O) groups excluding carboxylic acids is 1. The summed E-state index contributed by atoms with van der Waals surface area (Å²) < 4.78 is 11.5. The van der Waals surface area contributed by atoms with Crippen LogP contribution in [0.25, 0.3) is 0 Å². The molecule has 1 atom stereocenters. The summed E-state index contributed by atoms with van der Waals surface area (Å²) in [7, 11) is 1.89. The number of likely N-dealkylation sites (N-methyl/N-ethyl adjacent to an activating group) is 1. The van der Waals surface area contributed by atoms with Crippen molar-refractivity contribution in [2.24, 2.45) is 5.73 Å². The van der Waals surface area contributed by atoms with Crippen molar-refractivity contribution in [2.75, 3.05) is 46.4 Å². The summed E-state index contributed by atoms with van der Waals surface area (Å²) in [5, 5.41) is 0. The number of hydrogen-bond acceptors (Lipinski definition) is 5. The standard InChI is InChI=1S/C17H27N3O3/c1-3-22-16-7-5-4-6-14(16)10-20-8-9-23-15(12-20)11-19(2)13-17(18)21/h4-7,15H,3,8-13H2,1-2H3,(H2,18,21). The van der Waals surface area contributed by atoms with E-state index in [0.29, 0.717) is 19.8 Å². The summed E-state index contributed by atoms with van der Waals surface area (Å²) in [5.41, 5.74) is 6.42. The topological polar surface area (TPSA) is 68.0 Å². The molecule has 1 saturated heterocycles. The minimum absolute atomic E-state index is 0.0901. The van der Waals surface area contributed by atoms with Crippen LogP contribution in [0.15, 0.2) is 24.3 Å². The van der Waals surface area contributed by atoms with Crippen molar-refractivity contribution in [3.05, 3.63) is 29.8 Å². The normalized spacial score (nSPS) is 19.0. The molecule has 2 rings (SSSR count). The lowest BCUT2D eigenvalue weighted by atomic mass is 10.1. The molecule has 0 aromatic heterocycles. The van der Waals surface area contributed by atoms with Crippen LogP contribution < -0.4 is 10.5 Å². The highest BCUT2D eigenvalue weighted by atomic mass is 16.5. The van der Waals surface area contributed by atoms with Gasteiger partial charge in [0.1, 0.15) is 5.75 Å². The van der Waals surface area contributed by atoms with Gasteiger partial charge in [0.2, 0.25) is 5.91 Å². The predicted molar refractivity (Wildman–Crippen MR) is 89.3 cm³/mol. The van der Waals surface area contributed by atoms with Crippen LogP contribution in [0.2, 0.25) is 0 Å². The van der Waals surface area contributed by atoms with Crippen LogP contribution in [0.1, 0.15) is 12.5 Å². The smallest absolute Gasteiger partial charge is 0.231 e. The van der Waals surface area contributed by atoms with Gasteiger partial charge >= 0.3 is 0 Å². The van der Waals surface area contributed by atoms with E-state index in [0.717, 1.165) is 25.4 Å². The predicted octanol–water partition coefficient (Wildman–Crippen LogP) is 0.703. The van der Waals surface area contributed by atoms with Gasteiger partial charge in [-0.25, -0.2) is 0 Å². The van der Waals surface area contributed by atoms with Gasteiger partial charge in [-0.3, -0.25) is 14.6 Å². The monoisotopic (exact) mass is 321 g/mol. The van der Waals surface area contributed by atoms with E-state index in [-0.39, 0.29) is 18.6 Å². The largest absolute Gasteiger partial charge is 0.494 e. The highest BCUT2D eigenvalue weighted by Crippen LogP contribution is 2.21. The molecular formula is C17H27N3O3. The Morgan fingerprint density at radius 3 is 3.00 bits per heavy atom. The first-order chi connectivity index (χ1) is 11.1. The van der Waals surface area contributed by atoms with Crippen molar-refractivity contribution in [3.8, 4) is 5.75 Å². The molecule has 1 amide bonds. The number of primary amides is 1. The second kappa shape index (κ2) is 8.86. The molecule has 0 bridgehead atoms. The van der Waals surface area contributed by atoms with Gasteiger partial charge in [0.25, 0.3) is 0 Å². The van der Waals surface area contributed by atoms with E-state index in [1.165, 1.54) is 5.56 Å². The maximum Gasteiger partial charge on any atom is 0.231 e. The van der Waals surface area contributed by atoms with Crippen molar-refractivity contribution in [1.29, 1.82) is 0 Å². The average molecular weight is 321 g/mol. The van der Waals surface area contributed by atoms with E-state index in [1.807, 2.05) is 37.1 Å². The molecular weight excluding hydrogens is 294 g/mol. The Hall–Kier alpha value is -1.63. The Balaban J connectivity index is 1.90. The zero-order chi connectivity index (χ0) is 16.7. The van der Waals surface area contributed by atoms with Crippen LogP contribution in [0.5, 0.6) is 5.75 Å². The molecule has 1 aliphatic rings. The lowest BCUT2D eigenvalue weighted by Crippen LogP contribution is -2.47. The van der Waals surface area contributed by atoms with Crippen LogP contribution in [0, 0.1) is 0 Å². The van der Waals surface area contributed by atoms with Crippen molar-refractivity contribution in [2.45, 2.75) is 19.6 Å². The van der Waals surface area contributed by atoms with Gasteiger partial charge in [-0.1, -0.05) is 18.2 Å². The summed E-state index contributed by atoms with van der Waals surface area (Å²) >= 11 is 0. The number of nitrogens with two attached hydrogens (primary N) is 1. The van der Waals surface area contributed by atoms with Gasteiger partial charge < -0.3 is 15.2 Å². The average Bonchev–Trinajstić information content (AvgIpc) is 2.49. The van der Waals surface area contributed by atoms with E-state index in [4.69, 9.17) is 15.2 Å². The molecule has 1 unspecified atom stereocenters. The molecule has 1 heterocycles. The number of rotatable bonds is 8. The first-order valence-corrected chi connectivity index (χ1v) is 8.10. The third-order valence-electron chi connectivity index (χ3n) is 3.83. The first-order valence-electron chi connectivity index (χ1n) is 8.10. The zero-order valence-corrected chi connectivity index (χ0v) is 14.0. The number of carbonyl (C=O) groups is 1. The van der Waals surface area contributed by atoms with Gasteiger partial charge in [0, 0.05) is 31.7 Å². The lowest BCUT2D eigenvalue weighted by Gasteiger charge is -2.34. The third kappa shape index (κ3) is 5.82. The maximum absolute atomic E-state index is 11.0. The van der Waals surface area contributed by atoms with Crippen LogP contribution in [0.4, 0.5) is 0 Å². The Morgan fingerprint density at radius 1 is 1.48 bits per heavy atom. The highest BCUT2D eigenvalue weighted by Gasteiger charge is 2.22. The molecule has 0 spiro atoms. The van der Waals surface area contributed by atoms with Crippen molar-refractivity contribution < 1.29 is 14.3 Å². The summed E-state index contributed by atoms with van der Waals surface area (Å²) in [6.45, 7) is 6.90. The van der Waals surface area contributed by atoms with Crippen LogP contribution in [-0.4, -0.2) is 68.3 Å². The molecule has 0 aliphatic carbocycles. The van der Waals surface area contributed by atoms with Gasteiger partial charge in [0.15, 0.2) is 0 Å². The minimum atomic E-state index is -0.314. The molecule has 6 nitrogen and oxygen atoms in total. The SMILES string of the molecule is CCOc1ccccc1CN1CCOC(CN(C)CC(N)=O)C1. The second-order valence-corrected chi connectivity index (χ2v) is 5.93. The number of nitrogens with zero attached hydrogens (tertiary/aromatic N) is 2. The lowest BCUT2D eigenvalue weighted by molar-refractivity contribution is -0.119. The molecule has 0 saturated carbocycles. The Kier molecular flexibility index (Phi) is 6.83. The first kappa shape index (κ1) is 17.7. The Labute approximate surface area is 138 Å².